The smallest absolute Gasteiger partial charge is 0.270 e. The molecule has 0 aliphatic carbocycles. The molecule has 0 fully saturated rings. The van der Waals surface area contributed by atoms with E-state index in [1.165, 1.54) is 36.4 Å². The highest BCUT2D eigenvalue weighted by Crippen LogP contribution is 2.31. The van der Waals surface area contributed by atoms with Crippen LogP contribution in [-0.2, 0) is 6.61 Å². The van der Waals surface area contributed by atoms with Crippen molar-refractivity contribution in [1.29, 1.82) is 0 Å². The fourth-order valence-corrected chi connectivity index (χ4v) is 1.92. The molecule has 0 saturated heterocycles. The van der Waals surface area contributed by atoms with Crippen LogP contribution in [0.3, 0.4) is 0 Å². The average Bonchev–Trinajstić information content (AvgIpc) is 2.43. The highest BCUT2D eigenvalue weighted by atomic mass is 79.9. The van der Waals surface area contributed by atoms with Crippen molar-refractivity contribution < 1.29 is 19.2 Å². The molecule has 0 aliphatic heterocycles. The third-order valence-electron chi connectivity index (χ3n) is 2.54. The van der Waals surface area contributed by atoms with Crippen molar-refractivity contribution in [3.63, 3.8) is 0 Å². The molecule has 7 heteroatoms. The number of hydrogen-bond acceptors (Lipinski definition) is 4. The van der Waals surface area contributed by atoms with Gasteiger partial charge in [-0.2, -0.15) is 0 Å². The Labute approximate surface area is 121 Å². The van der Waals surface area contributed by atoms with E-state index < -0.39 is 17.3 Å². The largest absolute Gasteiger partial charge is 0.454 e. The Hall–Kier alpha value is -1.99. The zero-order chi connectivity index (χ0) is 14.7. The topological polar surface area (TPSA) is 72.6 Å². The number of halogens is 2. The number of non-ortho nitro benzene ring substituents is 1. The first kappa shape index (κ1) is 14.4. The predicted molar refractivity (Wildman–Crippen MR) is 73.2 cm³/mol. The summed E-state index contributed by atoms with van der Waals surface area (Å²) >= 11 is 3.19. The number of nitrogens with zero attached hydrogens (tertiary/aromatic N) is 1. The Balaban J connectivity index is 2.38. The molecule has 0 saturated carbocycles. The van der Waals surface area contributed by atoms with E-state index in [4.69, 9.17) is 4.74 Å². The summed E-state index contributed by atoms with van der Waals surface area (Å²) in [6.45, 7) is -0.452. The van der Waals surface area contributed by atoms with Gasteiger partial charge < -0.3 is 9.84 Å². The van der Waals surface area contributed by atoms with Gasteiger partial charge in [-0.15, -0.1) is 0 Å². The first-order valence-electron chi connectivity index (χ1n) is 5.52. The monoisotopic (exact) mass is 341 g/mol. The molecule has 0 atom stereocenters. The second-order valence-electron chi connectivity index (χ2n) is 3.88. The molecule has 104 valence electrons. The molecule has 20 heavy (non-hydrogen) atoms. The van der Waals surface area contributed by atoms with Gasteiger partial charge in [-0.25, -0.2) is 4.39 Å². The zero-order valence-corrected chi connectivity index (χ0v) is 11.6. The Morgan fingerprint density at radius 1 is 1.25 bits per heavy atom. The maximum absolute atomic E-state index is 13.6. The van der Waals surface area contributed by atoms with E-state index in [-0.39, 0.29) is 22.7 Å². The molecule has 0 unspecified atom stereocenters. The summed E-state index contributed by atoms with van der Waals surface area (Å²) in [7, 11) is 0. The Kier molecular flexibility index (Phi) is 4.31. The van der Waals surface area contributed by atoms with E-state index in [0.717, 1.165) is 0 Å². The van der Waals surface area contributed by atoms with Crippen molar-refractivity contribution >= 4 is 21.6 Å². The van der Waals surface area contributed by atoms with Gasteiger partial charge in [0, 0.05) is 22.2 Å². The van der Waals surface area contributed by atoms with Crippen LogP contribution in [0.5, 0.6) is 11.5 Å². The van der Waals surface area contributed by atoms with Crippen LogP contribution in [0.4, 0.5) is 10.1 Å². The van der Waals surface area contributed by atoms with Gasteiger partial charge >= 0.3 is 0 Å². The van der Waals surface area contributed by atoms with Crippen molar-refractivity contribution in [2.75, 3.05) is 0 Å². The molecule has 0 spiro atoms. The van der Waals surface area contributed by atoms with Gasteiger partial charge in [0.05, 0.1) is 11.5 Å². The number of benzene rings is 2. The maximum atomic E-state index is 13.6. The predicted octanol–water partition coefficient (Wildman–Crippen LogP) is 3.78. The first-order valence-corrected chi connectivity index (χ1v) is 6.31. The third kappa shape index (κ3) is 3.12. The van der Waals surface area contributed by atoms with Crippen LogP contribution in [0.2, 0.25) is 0 Å². The summed E-state index contributed by atoms with van der Waals surface area (Å²) in [6, 6.07) is 7.91. The number of aliphatic hydroxyl groups is 1. The van der Waals surface area contributed by atoms with E-state index in [2.05, 4.69) is 15.9 Å². The molecule has 2 aromatic rings. The summed E-state index contributed by atoms with van der Waals surface area (Å²) in [5.41, 5.74) is 0.0367. The van der Waals surface area contributed by atoms with Crippen LogP contribution in [0, 0.1) is 15.9 Å². The molecular formula is C13H9BrFNO4. The lowest BCUT2D eigenvalue weighted by atomic mass is 10.2. The first-order chi connectivity index (χ1) is 9.51. The number of rotatable bonds is 4. The molecular weight excluding hydrogens is 333 g/mol. The van der Waals surface area contributed by atoms with E-state index >= 15 is 0 Å². The quantitative estimate of drug-likeness (QED) is 0.678. The van der Waals surface area contributed by atoms with E-state index in [1.807, 2.05) is 0 Å². The number of aliphatic hydroxyl groups excluding tert-OH is 1. The zero-order valence-electron chi connectivity index (χ0n) is 10.0. The second-order valence-corrected chi connectivity index (χ2v) is 4.80. The number of nitro benzene ring substituents is 1. The second kappa shape index (κ2) is 5.98. The summed E-state index contributed by atoms with van der Waals surface area (Å²) in [6.07, 6.45) is 0. The molecule has 0 aliphatic rings. The fraction of sp³-hybridized carbons (Fsp3) is 0.0769. The lowest BCUT2D eigenvalue weighted by molar-refractivity contribution is -0.385. The van der Waals surface area contributed by atoms with Gasteiger partial charge in [-0.3, -0.25) is 10.1 Å². The molecule has 0 radical (unpaired) electrons. The lowest BCUT2D eigenvalue weighted by Gasteiger charge is -2.10. The van der Waals surface area contributed by atoms with Crippen molar-refractivity contribution in [3.05, 3.63) is 62.4 Å². The minimum absolute atomic E-state index is 0.0390. The number of nitro groups is 1. The molecule has 2 rings (SSSR count). The van der Waals surface area contributed by atoms with Crippen LogP contribution in [0.1, 0.15) is 5.56 Å². The Bertz CT molecular complexity index is 663. The van der Waals surface area contributed by atoms with Crippen molar-refractivity contribution in [2.45, 2.75) is 6.61 Å². The fourth-order valence-electron chi connectivity index (χ4n) is 1.58. The van der Waals surface area contributed by atoms with Gasteiger partial charge in [0.1, 0.15) is 5.75 Å². The summed E-state index contributed by atoms with van der Waals surface area (Å²) in [5, 5.41) is 19.9. The van der Waals surface area contributed by atoms with Gasteiger partial charge in [-0.05, 0) is 24.3 Å². The van der Waals surface area contributed by atoms with Crippen LogP contribution >= 0.6 is 15.9 Å². The Morgan fingerprint density at radius 3 is 2.65 bits per heavy atom. The van der Waals surface area contributed by atoms with Crippen molar-refractivity contribution in [3.8, 4) is 11.5 Å². The van der Waals surface area contributed by atoms with Gasteiger partial charge in [0.15, 0.2) is 11.6 Å². The van der Waals surface area contributed by atoms with Gasteiger partial charge in [0.2, 0.25) is 0 Å². The van der Waals surface area contributed by atoms with Gasteiger partial charge in [0.25, 0.3) is 5.69 Å². The molecule has 0 heterocycles. The van der Waals surface area contributed by atoms with Crippen LogP contribution in [0.15, 0.2) is 40.9 Å². The van der Waals surface area contributed by atoms with Crippen LogP contribution in [0.25, 0.3) is 0 Å². The number of ether oxygens (including phenoxy) is 1. The Morgan fingerprint density at radius 2 is 2.00 bits per heavy atom. The molecule has 5 nitrogen and oxygen atoms in total. The minimum atomic E-state index is -0.581. The minimum Gasteiger partial charge on any atom is -0.454 e. The summed E-state index contributed by atoms with van der Waals surface area (Å²) in [4.78, 5) is 10.1. The average molecular weight is 342 g/mol. The van der Waals surface area contributed by atoms with E-state index in [0.29, 0.717) is 4.47 Å². The molecule has 1 N–H and O–H groups in total. The molecule has 2 aromatic carbocycles. The van der Waals surface area contributed by atoms with Crippen LogP contribution < -0.4 is 4.74 Å². The van der Waals surface area contributed by atoms with Crippen molar-refractivity contribution in [2.24, 2.45) is 0 Å². The SMILES string of the molecule is O=[N+]([O-])c1ccc(Oc2cc(Br)ccc2F)c(CO)c1. The standard InChI is InChI=1S/C13H9BrFNO4/c14-9-1-3-11(15)13(6-9)20-12-4-2-10(16(18)19)5-8(12)7-17/h1-6,17H,7H2. The number of hydrogen-bond donors (Lipinski definition) is 1. The highest BCUT2D eigenvalue weighted by molar-refractivity contribution is 9.10. The summed E-state index contributed by atoms with van der Waals surface area (Å²) in [5.74, 6) is -0.450. The maximum Gasteiger partial charge on any atom is 0.270 e. The molecule has 0 amide bonds. The van der Waals surface area contributed by atoms with Crippen LogP contribution in [-0.4, -0.2) is 10.0 Å². The molecule has 0 bridgehead atoms. The van der Waals surface area contributed by atoms with E-state index in [1.54, 1.807) is 0 Å². The molecule has 0 aromatic heterocycles. The normalized spacial score (nSPS) is 10.3. The lowest BCUT2D eigenvalue weighted by Crippen LogP contribution is -1.96. The third-order valence-corrected chi connectivity index (χ3v) is 3.03. The highest BCUT2D eigenvalue weighted by Gasteiger charge is 2.13. The summed E-state index contributed by atoms with van der Waals surface area (Å²) < 4.78 is 19.6. The van der Waals surface area contributed by atoms with E-state index in [9.17, 15) is 19.6 Å². The van der Waals surface area contributed by atoms with Crippen molar-refractivity contribution in [1.82, 2.24) is 0 Å². The van der Waals surface area contributed by atoms with Gasteiger partial charge in [-0.1, -0.05) is 15.9 Å².